The fourth-order valence-corrected chi connectivity index (χ4v) is 3.54. The minimum Gasteiger partial charge on any atom is -0.193 e. The van der Waals surface area contributed by atoms with Crippen molar-refractivity contribution < 1.29 is 0 Å². The molecule has 1 heteroatoms. The Hall–Kier alpha value is -2.85. The Morgan fingerprint density at radius 3 is 1.87 bits per heavy atom. The maximum absolute atomic E-state index is 8.73. The zero-order valence-corrected chi connectivity index (χ0v) is 20.5. The first-order chi connectivity index (χ1) is 14.7. The molecule has 1 rings (SSSR count). The first-order valence-electron chi connectivity index (χ1n) is 11.2. The Balaban J connectivity index is 2.65. The molecule has 164 valence electrons. The van der Waals surface area contributed by atoms with Crippen LogP contribution in [0.3, 0.4) is 0 Å². The number of hydrogen-bond donors (Lipinski definition) is 0. The van der Waals surface area contributed by atoms with Gasteiger partial charge in [0.1, 0.15) is 0 Å². The van der Waals surface area contributed by atoms with Gasteiger partial charge in [-0.2, -0.15) is 5.26 Å². The van der Waals surface area contributed by atoms with E-state index in [4.69, 9.17) is 5.26 Å². The van der Waals surface area contributed by atoms with Crippen LogP contribution < -0.4 is 0 Å². The van der Waals surface area contributed by atoms with Crippen LogP contribution in [0.1, 0.15) is 67.7 Å². The van der Waals surface area contributed by atoms with Gasteiger partial charge in [-0.25, -0.2) is 0 Å². The van der Waals surface area contributed by atoms with Crippen LogP contribution in [0.5, 0.6) is 0 Å². The van der Waals surface area contributed by atoms with E-state index in [0.717, 1.165) is 5.57 Å². The molecule has 0 saturated heterocycles. The third-order valence-corrected chi connectivity index (χ3v) is 5.48. The lowest BCUT2D eigenvalue weighted by Crippen LogP contribution is -2.19. The molecule has 0 amide bonds. The first-order valence-corrected chi connectivity index (χ1v) is 11.2. The quantitative estimate of drug-likeness (QED) is 0.287. The Kier molecular flexibility index (Phi) is 11.4. The van der Waals surface area contributed by atoms with Crippen molar-refractivity contribution in [2.45, 2.75) is 67.7 Å². The van der Waals surface area contributed by atoms with Crippen LogP contribution in [-0.4, -0.2) is 0 Å². The van der Waals surface area contributed by atoms with Gasteiger partial charge in [-0.05, 0) is 70.9 Å². The molecule has 0 N–H and O–H groups in total. The summed E-state index contributed by atoms with van der Waals surface area (Å²) in [7, 11) is 0. The third-order valence-electron chi connectivity index (χ3n) is 5.48. The van der Waals surface area contributed by atoms with Crippen molar-refractivity contribution >= 4 is 0 Å². The third kappa shape index (κ3) is 10.7. The Labute approximate surface area is 191 Å². The average molecular weight is 414 g/mol. The van der Waals surface area contributed by atoms with Crippen LogP contribution in [0, 0.1) is 16.7 Å². The summed E-state index contributed by atoms with van der Waals surface area (Å²) in [6, 6.07) is 2.11. The summed E-state index contributed by atoms with van der Waals surface area (Å²) in [6.07, 6.45) is 28.7. The summed E-state index contributed by atoms with van der Waals surface area (Å²) in [4.78, 5) is 0. The minimum absolute atomic E-state index is 0.287. The van der Waals surface area contributed by atoms with E-state index in [2.05, 4.69) is 83.2 Å². The molecule has 0 heterocycles. The molecule has 0 saturated carbocycles. The highest BCUT2D eigenvalue weighted by Gasteiger charge is 2.26. The van der Waals surface area contributed by atoms with E-state index in [9.17, 15) is 0 Å². The lowest BCUT2D eigenvalue weighted by atomic mass is 9.72. The van der Waals surface area contributed by atoms with Gasteiger partial charge in [0, 0.05) is 5.57 Å². The molecule has 1 aliphatic rings. The van der Waals surface area contributed by atoms with Crippen LogP contribution >= 0.6 is 0 Å². The van der Waals surface area contributed by atoms with E-state index < -0.39 is 0 Å². The smallest absolute Gasteiger partial charge is 0.0944 e. The van der Waals surface area contributed by atoms with Gasteiger partial charge in [0.2, 0.25) is 0 Å². The summed E-state index contributed by atoms with van der Waals surface area (Å²) in [5, 5.41) is 8.73. The van der Waals surface area contributed by atoms with Crippen LogP contribution in [0.2, 0.25) is 0 Å². The van der Waals surface area contributed by atoms with E-state index in [1.54, 1.807) is 6.92 Å². The molecule has 0 aromatic carbocycles. The zero-order chi connectivity index (χ0) is 23.3. The molecular weight excluding hydrogens is 374 g/mol. The molecule has 0 bridgehead atoms. The average Bonchev–Trinajstić information content (AvgIpc) is 2.70. The first kappa shape index (κ1) is 26.2. The van der Waals surface area contributed by atoms with Gasteiger partial charge in [-0.3, -0.25) is 0 Å². The number of nitriles is 1. The molecule has 0 aliphatic heterocycles. The number of nitrogens with zero attached hydrogens (tertiary/aromatic N) is 1. The number of allylic oxidation sites excluding steroid dienone is 18. The summed E-state index contributed by atoms with van der Waals surface area (Å²) < 4.78 is 0. The minimum atomic E-state index is 0.287. The van der Waals surface area contributed by atoms with Crippen molar-refractivity contribution in [1.82, 2.24) is 0 Å². The molecule has 1 aliphatic carbocycles. The van der Waals surface area contributed by atoms with Crippen molar-refractivity contribution in [1.29, 1.82) is 5.26 Å². The van der Waals surface area contributed by atoms with Crippen LogP contribution in [0.4, 0.5) is 0 Å². The van der Waals surface area contributed by atoms with Crippen molar-refractivity contribution in [3.05, 3.63) is 106 Å². The monoisotopic (exact) mass is 413 g/mol. The molecule has 1 nitrogen and oxygen atoms in total. The van der Waals surface area contributed by atoms with Crippen molar-refractivity contribution in [2.24, 2.45) is 5.41 Å². The maximum Gasteiger partial charge on any atom is 0.0944 e. The number of rotatable bonds is 8. The fourth-order valence-electron chi connectivity index (χ4n) is 3.54. The predicted octanol–water partition coefficient (Wildman–Crippen LogP) is 9.05. The second-order valence-electron chi connectivity index (χ2n) is 9.06. The fraction of sp³-hybridized carbons (Fsp3) is 0.367. The van der Waals surface area contributed by atoms with Gasteiger partial charge >= 0.3 is 0 Å². The predicted molar refractivity (Wildman–Crippen MR) is 138 cm³/mol. The maximum atomic E-state index is 8.73. The van der Waals surface area contributed by atoms with Crippen LogP contribution in [0.25, 0.3) is 0 Å². The topological polar surface area (TPSA) is 23.8 Å². The Morgan fingerprint density at radius 1 is 0.806 bits per heavy atom. The number of hydrogen-bond acceptors (Lipinski definition) is 1. The summed E-state index contributed by atoms with van der Waals surface area (Å²) in [5.41, 5.74) is 7.63. The second kappa shape index (κ2) is 13.5. The normalized spacial score (nSPS) is 19.4. The highest BCUT2D eigenvalue weighted by Crippen LogP contribution is 2.40. The molecular formula is C30H39N. The van der Waals surface area contributed by atoms with E-state index >= 15 is 0 Å². The van der Waals surface area contributed by atoms with E-state index in [-0.39, 0.29) is 5.41 Å². The summed E-state index contributed by atoms with van der Waals surface area (Å²) in [6.45, 7) is 15.1. The van der Waals surface area contributed by atoms with Crippen molar-refractivity contribution in [3.63, 3.8) is 0 Å². The summed E-state index contributed by atoms with van der Waals surface area (Å²) in [5.74, 6) is 0. The molecule has 0 fully saturated rings. The van der Waals surface area contributed by atoms with Crippen molar-refractivity contribution in [3.8, 4) is 6.07 Å². The van der Waals surface area contributed by atoms with E-state index in [0.29, 0.717) is 5.57 Å². The summed E-state index contributed by atoms with van der Waals surface area (Å²) >= 11 is 0. The van der Waals surface area contributed by atoms with E-state index in [1.807, 2.05) is 37.3 Å². The van der Waals surface area contributed by atoms with Gasteiger partial charge in [-0.15, -0.1) is 0 Å². The zero-order valence-electron chi connectivity index (χ0n) is 20.5. The molecule has 0 radical (unpaired) electrons. The highest BCUT2D eigenvalue weighted by molar-refractivity contribution is 5.37. The Morgan fingerprint density at radius 2 is 1.32 bits per heavy atom. The van der Waals surface area contributed by atoms with Gasteiger partial charge in [0.25, 0.3) is 0 Å². The van der Waals surface area contributed by atoms with Gasteiger partial charge in [0.05, 0.1) is 6.07 Å². The lowest BCUT2D eigenvalue weighted by Gasteiger charge is -2.32. The molecule has 0 atom stereocenters. The van der Waals surface area contributed by atoms with Gasteiger partial charge in [0.15, 0.2) is 0 Å². The molecule has 0 aromatic heterocycles. The second-order valence-corrected chi connectivity index (χ2v) is 9.06. The SMILES string of the molecule is CC1=C(/C=C/C(C)=C/C=C/C(C)=C/C=C/C=C(C)/C=C/C=C(\C)C#N)C(C)(C)CCC1. The van der Waals surface area contributed by atoms with Crippen LogP contribution in [0.15, 0.2) is 106 Å². The van der Waals surface area contributed by atoms with Gasteiger partial charge in [-0.1, -0.05) is 103 Å². The lowest BCUT2D eigenvalue weighted by molar-refractivity contribution is 0.377. The highest BCUT2D eigenvalue weighted by atomic mass is 14.3. The van der Waals surface area contributed by atoms with Gasteiger partial charge < -0.3 is 0 Å². The Bertz CT molecular complexity index is 925. The molecule has 0 unspecified atom stereocenters. The standard InChI is InChI=1S/C30H39N/c1-24(13-8-9-14-25(2)16-11-18-27(4)23-31)15-10-17-26(3)20-21-29-28(5)19-12-22-30(29,6)7/h8-11,13-18,20-21H,12,19,22H2,1-7H3/b9-8+,15-10+,16-11+,21-20+,24-13+,25-14+,26-17+,27-18+. The molecule has 0 spiro atoms. The van der Waals surface area contributed by atoms with E-state index in [1.165, 1.54) is 41.6 Å². The largest absolute Gasteiger partial charge is 0.193 e. The van der Waals surface area contributed by atoms with Crippen molar-refractivity contribution in [2.75, 3.05) is 0 Å². The van der Waals surface area contributed by atoms with Crippen LogP contribution in [-0.2, 0) is 0 Å². The molecule has 0 aromatic rings. The molecule has 31 heavy (non-hydrogen) atoms.